The quantitative estimate of drug-likeness (QED) is 0.135. The van der Waals surface area contributed by atoms with E-state index in [4.69, 9.17) is 24.7 Å². The maximum Gasteiger partial charge on any atom is 2.00 e. The fraction of sp³-hybridized carbons (Fsp3) is 0.0556. The summed E-state index contributed by atoms with van der Waals surface area (Å²) in [4.78, 5) is 19.4. The zero-order valence-electron chi connectivity index (χ0n) is 23.6. The van der Waals surface area contributed by atoms with Gasteiger partial charge < -0.3 is 13.5 Å². The Balaban J connectivity index is 0.00000289. The van der Waals surface area contributed by atoms with Gasteiger partial charge in [-0.2, -0.15) is 0 Å². The Morgan fingerprint density at radius 1 is 0.659 bits per heavy atom. The van der Waals surface area contributed by atoms with Crippen molar-refractivity contribution in [3.63, 3.8) is 0 Å². The second-order valence-electron chi connectivity index (χ2n) is 10.7. The van der Waals surface area contributed by atoms with Crippen LogP contribution in [0.1, 0.15) is 11.4 Å². The summed E-state index contributed by atoms with van der Waals surface area (Å²) in [7, 11) is 0. The first-order valence-electron chi connectivity index (χ1n) is 14.1. The molecule has 0 saturated carbocycles. The number of hydrogen-bond donors (Lipinski definition) is 0. The van der Waals surface area contributed by atoms with E-state index in [9.17, 15) is 0 Å². The molecular formula is C36H22N6OPt. The van der Waals surface area contributed by atoms with Gasteiger partial charge in [-0.3, -0.25) is 19.9 Å². The third-order valence-electron chi connectivity index (χ3n) is 8.21. The summed E-state index contributed by atoms with van der Waals surface area (Å²) >= 11 is 0. The van der Waals surface area contributed by atoms with E-state index in [1.54, 1.807) is 0 Å². The molecule has 0 unspecified atom stereocenters. The smallest absolute Gasteiger partial charge is 0.497 e. The van der Waals surface area contributed by atoms with Crippen LogP contribution >= 0.6 is 0 Å². The Bertz CT molecular complexity index is 2570. The van der Waals surface area contributed by atoms with Gasteiger partial charge in [-0.1, -0.05) is 76.1 Å². The Kier molecular flexibility index (Phi) is 6.00. The molecule has 0 spiro atoms. The SMILES string of the molecule is Cc1nc2c3[c-]c(Oc4[c-]c5c(cc4)c4ncccc4n4cc(-c6ccccc6)nc54)ccc3c3ncccc3n2c1C.[Pt+2]. The molecule has 3 aromatic carbocycles. The van der Waals surface area contributed by atoms with Gasteiger partial charge in [0.15, 0.2) is 0 Å². The van der Waals surface area contributed by atoms with Crippen LogP contribution in [0.5, 0.6) is 11.5 Å². The molecule has 212 valence electrons. The van der Waals surface area contributed by atoms with Crippen molar-refractivity contribution >= 4 is 54.9 Å². The van der Waals surface area contributed by atoms with Crippen LogP contribution in [0.2, 0.25) is 0 Å². The summed E-state index contributed by atoms with van der Waals surface area (Å²) in [5, 5.41) is 3.64. The van der Waals surface area contributed by atoms with E-state index in [2.05, 4.69) is 58.3 Å². The minimum atomic E-state index is 0. The third kappa shape index (κ3) is 3.86. The standard InChI is InChI=1S/C36H22N6O.Pt/c1-21-22(2)42-32-11-7-17-38-34(32)27-15-13-25(19-29(27)36(42)39-21)43-24-12-14-26-28(18-24)35-40-30(23-8-4-3-5-9-23)20-41(35)31-10-6-16-37-33(26)31;/h3-17,20H,1-2H3;/q-2;+2. The molecule has 0 aliphatic heterocycles. The normalized spacial score (nSPS) is 11.7. The van der Waals surface area contributed by atoms with E-state index in [0.717, 1.165) is 77.6 Å². The number of imidazole rings is 2. The summed E-state index contributed by atoms with van der Waals surface area (Å²) in [6.45, 7) is 4.11. The molecule has 9 aromatic rings. The number of rotatable bonds is 3. The van der Waals surface area contributed by atoms with Gasteiger partial charge in [-0.25, -0.2) is 0 Å². The van der Waals surface area contributed by atoms with E-state index < -0.39 is 0 Å². The Labute approximate surface area is 266 Å². The average molecular weight is 750 g/mol. The topological polar surface area (TPSA) is 69.6 Å². The number of aryl methyl sites for hydroxylation is 2. The average Bonchev–Trinajstić information content (AvgIpc) is 3.64. The Morgan fingerprint density at radius 3 is 2.00 bits per heavy atom. The molecule has 0 fully saturated rings. The van der Waals surface area contributed by atoms with E-state index in [-0.39, 0.29) is 21.1 Å². The molecule has 0 atom stereocenters. The van der Waals surface area contributed by atoms with Gasteiger partial charge >= 0.3 is 21.1 Å². The first-order chi connectivity index (χ1) is 21.1. The summed E-state index contributed by atoms with van der Waals surface area (Å²) in [5.41, 5.74) is 9.41. The van der Waals surface area contributed by atoms with Gasteiger partial charge in [0.2, 0.25) is 0 Å². The van der Waals surface area contributed by atoms with Crippen molar-refractivity contribution in [2.24, 2.45) is 0 Å². The van der Waals surface area contributed by atoms with Crippen LogP contribution in [0.25, 0.3) is 66.2 Å². The maximum atomic E-state index is 6.42. The first kappa shape index (κ1) is 26.5. The molecule has 6 heterocycles. The molecule has 9 rings (SSSR count). The van der Waals surface area contributed by atoms with Crippen LogP contribution in [0.15, 0.2) is 97.5 Å². The summed E-state index contributed by atoms with van der Waals surface area (Å²) in [6.07, 6.45) is 5.69. The number of nitrogens with zero attached hydrogens (tertiary/aromatic N) is 6. The van der Waals surface area contributed by atoms with E-state index in [1.165, 1.54) is 0 Å². The number of fused-ring (bicyclic) bond motifs is 12. The summed E-state index contributed by atoms with van der Waals surface area (Å²) in [6, 6.07) is 33.2. The van der Waals surface area contributed by atoms with E-state index >= 15 is 0 Å². The van der Waals surface area contributed by atoms with Gasteiger partial charge in [-0.15, -0.1) is 12.1 Å². The minimum Gasteiger partial charge on any atom is -0.497 e. The third-order valence-corrected chi connectivity index (χ3v) is 8.21. The number of pyridine rings is 4. The zero-order valence-corrected chi connectivity index (χ0v) is 25.9. The minimum absolute atomic E-state index is 0. The monoisotopic (exact) mass is 749 g/mol. The molecule has 0 aliphatic carbocycles. The van der Waals surface area contributed by atoms with Crippen molar-refractivity contribution in [3.05, 3.63) is 121 Å². The van der Waals surface area contributed by atoms with Crippen molar-refractivity contribution in [2.75, 3.05) is 0 Å². The van der Waals surface area contributed by atoms with Crippen LogP contribution < -0.4 is 4.74 Å². The van der Waals surface area contributed by atoms with Crippen molar-refractivity contribution < 1.29 is 25.8 Å². The number of aromatic nitrogens is 6. The second kappa shape index (κ2) is 9.97. The largest absolute Gasteiger partial charge is 2.00 e. The van der Waals surface area contributed by atoms with Gasteiger partial charge in [0.05, 0.1) is 39.1 Å². The molecule has 6 aromatic heterocycles. The zero-order chi connectivity index (χ0) is 28.7. The van der Waals surface area contributed by atoms with Crippen LogP contribution in [0, 0.1) is 26.0 Å². The molecule has 7 nitrogen and oxygen atoms in total. The van der Waals surface area contributed by atoms with Crippen molar-refractivity contribution in [1.29, 1.82) is 0 Å². The van der Waals surface area contributed by atoms with Gasteiger partial charge in [0.1, 0.15) is 0 Å². The molecular weight excluding hydrogens is 728 g/mol. The maximum absolute atomic E-state index is 6.42. The van der Waals surface area contributed by atoms with Gasteiger partial charge in [-0.05, 0) is 38.1 Å². The Hall–Kier alpha value is -5.13. The van der Waals surface area contributed by atoms with Crippen molar-refractivity contribution in [3.8, 4) is 22.8 Å². The van der Waals surface area contributed by atoms with E-state index in [0.29, 0.717) is 11.5 Å². The molecule has 0 radical (unpaired) electrons. The van der Waals surface area contributed by atoms with E-state index in [1.807, 2.05) is 73.9 Å². The molecule has 0 aliphatic rings. The Morgan fingerprint density at radius 2 is 1.30 bits per heavy atom. The van der Waals surface area contributed by atoms with Gasteiger partial charge in [0, 0.05) is 47.0 Å². The fourth-order valence-corrected chi connectivity index (χ4v) is 6.08. The number of benzene rings is 3. The molecule has 0 bridgehead atoms. The van der Waals surface area contributed by atoms with Crippen LogP contribution in [0.3, 0.4) is 0 Å². The van der Waals surface area contributed by atoms with Gasteiger partial charge in [0.25, 0.3) is 0 Å². The van der Waals surface area contributed by atoms with Crippen molar-refractivity contribution in [1.82, 2.24) is 28.7 Å². The number of hydrogen-bond acceptors (Lipinski definition) is 5. The fourth-order valence-electron chi connectivity index (χ4n) is 6.08. The molecule has 0 N–H and O–H groups in total. The van der Waals surface area contributed by atoms with Crippen LogP contribution in [-0.4, -0.2) is 28.7 Å². The predicted molar refractivity (Wildman–Crippen MR) is 169 cm³/mol. The number of ether oxygens (including phenoxy) is 1. The molecule has 0 saturated heterocycles. The molecule has 0 amide bonds. The molecule has 44 heavy (non-hydrogen) atoms. The summed E-state index contributed by atoms with van der Waals surface area (Å²) in [5.74, 6) is 1.14. The van der Waals surface area contributed by atoms with Crippen LogP contribution in [0.4, 0.5) is 0 Å². The second-order valence-corrected chi connectivity index (χ2v) is 10.7. The summed E-state index contributed by atoms with van der Waals surface area (Å²) < 4.78 is 10.7. The molecule has 8 heteroatoms. The predicted octanol–water partition coefficient (Wildman–Crippen LogP) is 8.06. The van der Waals surface area contributed by atoms with Crippen LogP contribution in [-0.2, 0) is 21.1 Å². The first-order valence-corrected chi connectivity index (χ1v) is 14.1. The van der Waals surface area contributed by atoms with Crippen molar-refractivity contribution in [2.45, 2.75) is 13.8 Å².